The number of hydrogen-bond acceptors (Lipinski definition) is 4. The fourth-order valence-electron chi connectivity index (χ4n) is 2.32. The minimum absolute atomic E-state index is 0.359. The normalized spacial score (nSPS) is 16.8. The van der Waals surface area contributed by atoms with Crippen LogP contribution in [0.4, 0.5) is 0 Å². The molecule has 1 N–H and O–H groups in total. The Morgan fingerprint density at radius 2 is 2.24 bits per heavy atom. The molecule has 4 nitrogen and oxygen atoms in total. The number of pyridine rings is 1. The zero-order valence-corrected chi connectivity index (χ0v) is 12.1. The number of aliphatic imine (C=N–C) groups is 1. The van der Waals surface area contributed by atoms with E-state index in [-0.39, 0.29) is 0 Å². The summed E-state index contributed by atoms with van der Waals surface area (Å²) >= 11 is 1.29. The van der Waals surface area contributed by atoms with Crippen LogP contribution in [0.15, 0.2) is 47.2 Å². The van der Waals surface area contributed by atoms with Gasteiger partial charge in [0.2, 0.25) is 0 Å². The first-order valence-electron chi connectivity index (χ1n) is 6.73. The molecule has 0 saturated carbocycles. The smallest absolute Gasteiger partial charge is 0.345 e. The van der Waals surface area contributed by atoms with E-state index in [1.165, 1.54) is 11.3 Å². The second-order valence-electron chi connectivity index (χ2n) is 4.75. The third-order valence-corrected chi connectivity index (χ3v) is 4.29. The molecule has 3 heterocycles. The Hall–Kier alpha value is -2.27. The summed E-state index contributed by atoms with van der Waals surface area (Å²) in [4.78, 5) is 21.0. The highest BCUT2D eigenvalue weighted by atomic mass is 32.1. The molecule has 5 heteroatoms. The number of aromatic nitrogens is 1. The van der Waals surface area contributed by atoms with Crippen LogP contribution in [-0.2, 0) is 0 Å². The lowest BCUT2D eigenvalue weighted by atomic mass is 9.96. The Labute approximate surface area is 126 Å². The van der Waals surface area contributed by atoms with Gasteiger partial charge in [0.15, 0.2) is 0 Å². The minimum atomic E-state index is -0.880. The predicted molar refractivity (Wildman–Crippen MR) is 84.1 cm³/mol. The van der Waals surface area contributed by atoms with Crippen LogP contribution in [0.5, 0.6) is 0 Å². The number of carboxylic acid groups (broad SMARTS) is 1. The zero-order valence-electron chi connectivity index (χ0n) is 11.3. The number of aromatic carboxylic acids is 1. The molecule has 106 valence electrons. The van der Waals surface area contributed by atoms with E-state index >= 15 is 0 Å². The van der Waals surface area contributed by atoms with Crippen LogP contribution in [0.1, 0.15) is 33.0 Å². The van der Waals surface area contributed by atoms with Crippen molar-refractivity contribution in [1.82, 2.24) is 4.98 Å². The lowest BCUT2D eigenvalue weighted by molar-refractivity contribution is 0.0702. The van der Waals surface area contributed by atoms with Gasteiger partial charge in [-0.2, -0.15) is 0 Å². The van der Waals surface area contributed by atoms with Crippen molar-refractivity contribution in [3.8, 4) is 0 Å². The van der Waals surface area contributed by atoms with Crippen LogP contribution in [0.25, 0.3) is 6.08 Å². The van der Waals surface area contributed by atoms with Crippen LogP contribution in [0, 0.1) is 0 Å². The standard InChI is InChI=1S/C16H14N2O2S/c19-16(20)14-6-5-13(21-14)9-11-3-2-8-18-15(11)12-4-1-7-17-10-12/h1,4-7,9-10H,2-3,8H2,(H,19,20). The molecule has 0 radical (unpaired) electrons. The summed E-state index contributed by atoms with van der Waals surface area (Å²) in [6.07, 6.45) is 7.58. The van der Waals surface area contributed by atoms with Crippen molar-refractivity contribution in [3.63, 3.8) is 0 Å². The topological polar surface area (TPSA) is 62.5 Å². The number of hydrogen-bond donors (Lipinski definition) is 1. The van der Waals surface area contributed by atoms with Crippen molar-refractivity contribution in [2.75, 3.05) is 6.54 Å². The van der Waals surface area contributed by atoms with Gasteiger partial charge in [0.1, 0.15) is 4.88 Å². The monoisotopic (exact) mass is 298 g/mol. The van der Waals surface area contributed by atoms with E-state index in [1.54, 1.807) is 12.3 Å². The average Bonchev–Trinajstić information content (AvgIpc) is 2.98. The maximum absolute atomic E-state index is 11.0. The first kappa shape index (κ1) is 13.7. The SMILES string of the molecule is O=C(O)c1ccc(C=C2CCCN=C2c2cccnc2)s1. The quantitative estimate of drug-likeness (QED) is 0.943. The molecule has 1 aliphatic heterocycles. The van der Waals surface area contributed by atoms with E-state index in [1.807, 2.05) is 30.5 Å². The third kappa shape index (κ3) is 3.08. The summed E-state index contributed by atoms with van der Waals surface area (Å²) in [5.41, 5.74) is 3.13. The van der Waals surface area contributed by atoms with E-state index in [4.69, 9.17) is 5.11 Å². The zero-order chi connectivity index (χ0) is 14.7. The highest BCUT2D eigenvalue weighted by molar-refractivity contribution is 7.14. The second-order valence-corrected chi connectivity index (χ2v) is 5.87. The number of rotatable bonds is 3. The first-order chi connectivity index (χ1) is 10.2. The van der Waals surface area contributed by atoms with Gasteiger partial charge in [0.25, 0.3) is 0 Å². The van der Waals surface area contributed by atoms with E-state index < -0.39 is 5.97 Å². The fourth-order valence-corrected chi connectivity index (χ4v) is 3.13. The van der Waals surface area contributed by atoms with Crippen LogP contribution in [-0.4, -0.2) is 28.3 Å². The number of nitrogens with zero attached hydrogens (tertiary/aromatic N) is 2. The molecular weight excluding hydrogens is 284 g/mol. The van der Waals surface area contributed by atoms with Crippen molar-refractivity contribution >= 4 is 29.1 Å². The van der Waals surface area contributed by atoms with Gasteiger partial charge in [-0.1, -0.05) is 0 Å². The molecular formula is C16H14N2O2S. The van der Waals surface area contributed by atoms with Crippen LogP contribution >= 0.6 is 11.3 Å². The second kappa shape index (κ2) is 6.01. The largest absolute Gasteiger partial charge is 0.477 e. The van der Waals surface area contributed by atoms with Gasteiger partial charge >= 0.3 is 5.97 Å². The molecule has 3 rings (SSSR count). The maximum atomic E-state index is 11.0. The first-order valence-corrected chi connectivity index (χ1v) is 7.54. The molecule has 0 spiro atoms. The molecule has 2 aromatic rings. The average molecular weight is 298 g/mol. The summed E-state index contributed by atoms with van der Waals surface area (Å²) in [5, 5.41) is 8.99. The van der Waals surface area contributed by atoms with Crippen molar-refractivity contribution < 1.29 is 9.90 Å². The molecule has 0 saturated heterocycles. The summed E-state index contributed by atoms with van der Waals surface area (Å²) < 4.78 is 0. The van der Waals surface area contributed by atoms with Crippen molar-refractivity contribution in [2.24, 2.45) is 4.99 Å². The van der Waals surface area contributed by atoms with Crippen LogP contribution in [0.2, 0.25) is 0 Å². The molecule has 0 bridgehead atoms. The number of carboxylic acids is 1. The van der Waals surface area contributed by atoms with Gasteiger partial charge < -0.3 is 5.11 Å². The Morgan fingerprint density at radius 3 is 2.95 bits per heavy atom. The Kier molecular flexibility index (Phi) is 3.92. The molecule has 2 aromatic heterocycles. The molecule has 0 aliphatic carbocycles. The summed E-state index contributed by atoms with van der Waals surface area (Å²) in [6, 6.07) is 7.39. The van der Waals surface area contributed by atoms with E-state index in [0.29, 0.717) is 4.88 Å². The molecule has 0 amide bonds. The van der Waals surface area contributed by atoms with Gasteiger partial charge in [-0.05, 0) is 48.8 Å². The van der Waals surface area contributed by atoms with E-state index in [0.717, 1.165) is 41.1 Å². The number of allylic oxidation sites excluding steroid dienone is 1. The highest BCUT2D eigenvalue weighted by Gasteiger charge is 2.15. The van der Waals surface area contributed by atoms with Gasteiger partial charge in [0, 0.05) is 29.4 Å². The maximum Gasteiger partial charge on any atom is 0.345 e. The lowest BCUT2D eigenvalue weighted by Gasteiger charge is -2.15. The molecule has 21 heavy (non-hydrogen) atoms. The van der Waals surface area contributed by atoms with E-state index in [2.05, 4.69) is 9.98 Å². The Bertz CT molecular complexity index is 717. The highest BCUT2D eigenvalue weighted by Crippen LogP contribution is 2.25. The van der Waals surface area contributed by atoms with Gasteiger partial charge in [-0.25, -0.2) is 4.79 Å². The molecule has 0 unspecified atom stereocenters. The summed E-state index contributed by atoms with van der Waals surface area (Å²) in [7, 11) is 0. The van der Waals surface area contributed by atoms with Gasteiger partial charge in [-0.15, -0.1) is 11.3 Å². The summed E-state index contributed by atoms with van der Waals surface area (Å²) in [5.74, 6) is -0.880. The molecule has 0 atom stereocenters. The van der Waals surface area contributed by atoms with Crippen LogP contribution < -0.4 is 0 Å². The van der Waals surface area contributed by atoms with Crippen molar-refractivity contribution in [3.05, 3.63) is 57.6 Å². The molecule has 0 fully saturated rings. The van der Waals surface area contributed by atoms with E-state index in [9.17, 15) is 4.79 Å². The molecule has 1 aliphatic rings. The predicted octanol–water partition coefficient (Wildman–Crippen LogP) is 3.51. The third-order valence-electron chi connectivity index (χ3n) is 3.27. The van der Waals surface area contributed by atoms with Gasteiger partial charge in [-0.3, -0.25) is 9.98 Å². The van der Waals surface area contributed by atoms with Crippen molar-refractivity contribution in [2.45, 2.75) is 12.8 Å². The Balaban J connectivity index is 1.95. The van der Waals surface area contributed by atoms with Crippen molar-refractivity contribution in [1.29, 1.82) is 0 Å². The fraction of sp³-hybridized carbons (Fsp3) is 0.188. The minimum Gasteiger partial charge on any atom is -0.477 e. The lowest BCUT2D eigenvalue weighted by Crippen LogP contribution is -2.11. The number of carbonyl (C=O) groups is 1. The summed E-state index contributed by atoms with van der Waals surface area (Å²) in [6.45, 7) is 0.826. The number of thiophene rings is 1. The Morgan fingerprint density at radius 1 is 1.33 bits per heavy atom. The molecule has 0 aromatic carbocycles. The van der Waals surface area contributed by atoms with Crippen LogP contribution in [0.3, 0.4) is 0 Å². The van der Waals surface area contributed by atoms with Gasteiger partial charge in [0.05, 0.1) is 5.71 Å².